The first-order chi connectivity index (χ1) is 14.6. The lowest BCUT2D eigenvalue weighted by Gasteiger charge is -2.29. The van der Waals surface area contributed by atoms with Crippen LogP contribution in [0.2, 0.25) is 0 Å². The fourth-order valence-electron chi connectivity index (χ4n) is 3.47. The molecule has 172 valence electrons. The van der Waals surface area contributed by atoms with Gasteiger partial charge in [-0.2, -0.15) is 13.2 Å². The van der Waals surface area contributed by atoms with Crippen LogP contribution in [0.4, 0.5) is 13.2 Å². The molecule has 0 aromatic carbocycles. The van der Waals surface area contributed by atoms with Gasteiger partial charge in [0.25, 0.3) is 5.91 Å². The number of aliphatic imine (C=N–C) groups is 1. The molecule has 1 atom stereocenters. The van der Waals surface area contributed by atoms with E-state index in [9.17, 15) is 18.0 Å². The van der Waals surface area contributed by atoms with E-state index in [1.807, 2.05) is 6.92 Å². The fourth-order valence-corrected chi connectivity index (χ4v) is 3.47. The second-order valence-corrected chi connectivity index (χ2v) is 7.56. The number of aliphatic hydroxyl groups excluding tert-OH is 1. The summed E-state index contributed by atoms with van der Waals surface area (Å²) in [7, 11) is 1.62. The minimum atomic E-state index is -4.46. The minimum absolute atomic E-state index is 0.00560. The highest BCUT2D eigenvalue weighted by molar-refractivity contribution is 5.98. The SMILES string of the molecule is C=N/C(C)=C(/OCC(F)(F)F)N(C)CCC(C)N1Cc2c(ccnc2CCCO)C1=O. The molecule has 31 heavy (non-hydrogen) atoms. The number of amides is 1. The Bertz CT molecular complexity index is 827. The maximum atomic E-state index is 12.9. The molecule has 1 aliphatic heterocycles. The molecule has 1 unspecified atom stereocenters. The van der Waals surface area contributed by atoms with Crippen LogP contribution in [-0.2, 0) is 17.7 Å². The minimum Gasteiger partial charge on any atom is -0.468 e. The number of hydrogen-bond acceptors (Lipinski definition) is 6. The number of rotatable bonds is 11. The fraction of sp³-hybridized carbons (Fsp3) is 0.571. The lowest BCUT2D eigenvalue weighted by Crippen LogP contribution is -2.36. The zero-order valence-electron chi connectivity index (χ0n) is 18.1. The van der Waals surface area contributed by atoms with E-state index in [4.69, 9.17) is 9.84 Å². The monoisotopic (exact) mass is 442 g/mol. The first kappa shape index (κ1) is 24.6. The molecule has 7 nitrogen and oxygen atoms in total. The molecule has 1 amide bonds. The molecule has 1 aromatic rings. The Morgan fingerprint density at radius 2 is 2.19 bits per heavy atom. The van der Waals surface area contributed by atoms with Crippen LogP contribution < -0.4 is 0 Å². The number of halogens is 3. The number of hydrogen-bond donors (Lipinski definition) is 1. The van der Waals surface area contributed by atoms with Crippen LogP contribution in [-0.4, -0.2) is 71.5 Å². The highest BCUT2D eigenvalue weighted by Gasteiger charge is 2.33. The molecule has 0 spiro atoms. The van der Waals surface area contributed by atoms with Crippen LogP contribution in [0.1, 0.15) is 48.3 Å². The first-order valence-electron chi connectivity index (χ1n) is 10.1. The summed E-state index contributed by atoms with van der Waals surface area (Å²) in [5.74, 6) is -0.0862. The zero-order chi connectivity index (χ0) is 23.2. The van der Waals surface area contributed by atoms with Crippen LogP contribution in [0.15, 0.2) is 28.8 Å². The Kier molecular flexibility index (Phi) is 8.43. The first-order valence-corrected chi connectivity index (χ1v) is 10.1. The third-order valence-electron chi connectivity index (χ3n) is 5.22. The molecule has 0 saturated carbocycles. The molecule has 0 saturated heterocycles. The quantitative estimate of drug-likeness (QED) is 0.421. The predicted octanol–water partition coefficient (Wildman–Crippen LogP) is 3.14. The second-order valence-electron chi connectivity index (χ2n) is 7.56. The number of fused-ring (bicyclic) bond motifs is 1. The van der Waals surface area contributed by atoms with Gasteiger partial charge in [-0.05, 0) is 45.9 Å². The summed E-state index contributed by atoms with van der Waals surface area (Å²) in [4.78, 5) is 24.2. The largest absolute Gasteiger partial charge is 0.468 e. The smallest absolute Gasteiger partial charge is 0.422 e. The molecule has 10 heteroatoms. The van der Waals surface area contributed by atoms with E-state index in [1.54, 1.807) is 29.1 Å². The molecular weight excluding hydrogens is 413 g/mol. The summed E-state index contributed by atoms with van der Waals surface area (Å²) in [5.41, 5.74) is 2.56. The molecule has 1 aliphatic rings. The number of aliphatic hydroxyl groups is 1. The number of pyridine rings is 1. The summed E-state index contributed by atoms with van der Waals surface area (Å²) >= 11 is 0. The van der Waals surface area contributed by atoms with Crippen molar-refractivity contribution < 1.29 is 27.8 Å². The van der Waals surface area contributed by atoms with Crippen LogP contribution in [0, 0.1) is 0 Å². The van der Waals surface area contributed by atoms with Crippen molar-refractivity contribution in [3.8, 4) is 0 Å². The molecule has 0 bridgehead atoms. The van der Waals surface area contributed by atoms with Crippen LogP contribution in [0.5, 0.6) is 0 Å². The highest BCUT2D eigenvalue weighted by Crippen LogP contribution is 2.28. The van der Waals surface area contributed by atoms with E-state index in [0.29, 0.717) is 37.9 Å². The van der Waals surface area contributed by atoms with Gasteiger partial charge in [0.2, 0.25) is 5.88 Å². The van der Waals surface area contributed by atoms with Crippen molar-refractivity contribution in [3.63, 3.8) is 0 Å². The molecule has 0 fully saturated rings. The van der Waals surface area contributed by atoms with Crippen molar-refractivity contribution in [2.75, 3.05) is 26.8 Å². The van der Waals surface area contributed by atoms with Crippen molar-refractivity contribution in [1.82, 2.24) is 14.8 Å². The van der Waals surface area contributed by atoms with Gasteiger partial charge < -0.3 is 19.6 Å². The number of aromatic nitrogens is 1. The molecular formula is C21H29F3N4O3. The number of carbonyl (C=O) groups is 1. The number of carbonyl (C=O) groups excluding carboxylic acids is 1. The van der Waals surface area contributed by atoms with E-state index in [1.165, 1.54) is 6.92 Å². The van der Waals surface area contributed by atoms with Crippen molar-refractivity contribution in [2.24, 2.45) is 4.99 Å². The number of allylic oxidation sites excluding steroid dienone is 1. The van der Waals surface area contributed by atoms with Crippen molar-refractivity contribution >= 4 is 12.6 Å². The molecule has 1 aromatic heterocycles. The number of alkyl halides is 3. The average Bonchev–Trinajstić information content (AvgIpc) is 3.06. The van der Waals surface area contributed by atoms with E-state index >= 15 is 0 Å². The standard InChI is InChI=1S/C21H29F3N4O3/c1-14(8-10-27(4)20(15(2)25-3)31-13-21(22,23)24)28-12-17-16(19(28)30)7-9-26-18(17)6-5-11-29/h7,9,14,29H,3,5-6,8,10-13H2,1-2,4H3/b20-15+. The molecule has 0 aliphatic carbocycles. The molecule has 2 heterocycles. The van der Waals surface area contributed by atoms with E-state index in [2.05, 4.69) is 16.7 Å². The topological polar surface area (TPSA) is 78.3 Å². The Hall–Kier alpha value is -2.62. The normalized spacial score (nSPS) is 15.5. The average molecular weight is 442 g/mol. The Morgan fingerprint density at radius 1 is 1.48 bits per heavy atom. The number of nitrogens with zero attached hydrogens (tertiary/aromatic N) is 4. The molecule has 2 rings (SSSR count). The van der Waals surface area contributed by atoms with Gasteiger partial charge in [-0.3, -0.25) is 14.8 Å². The van der Waals surface area contributed by atoms with E-state index in [-0.39, 0.29) is 30.1 Å². The molecule has 1 N–H and O–H groups in total. The molecule has 0 radical (unpaired) electrons. The van der Waals surface area contributed by atoms with Gasteiger partial charge in [-0.15, -0.1) is 0 Å². The van der Waals surface area contributed by atoms with Gasteiger partial charge in [0, 0.05) is 55.8 Å². The van der Waals surface area contributed by atoms with Gasteiger partial charge in [-0.1, -0.05) is 0 Å². The summed E-state index contributed by atoms with van der Waals surface area (Å²) < 4.78 is 42.7. The maximum absolute atomic E-state index is 12.9. The van der Waals surface area contributed by atoms with Crippen LogP contribution in [0.3, 0.4) is 0 Å². The summed E-state index contributed by atoms with van der Waals surface area (Å²) in [6.07, 6.45) is -1.18. The lowest BCUT2D eigenvalue weighted by atomic mass is 10.1. The van der Waals surface area contributed by atoms with E-state index < -0.39 is 12.8 Å². The van der Waals surface area contributed by atoms with Gasteiger partial charge in [0.15, 0.2) is 6.61 Å². The third kappa shape index (κ3) is 6.43. The second kappa shape index (κ2) is 10.6. The highest BCUT2D eigenvalue weighted by atomic mass is 19.4. The Morgan fingerprint density at radius 3 is 2.81 bits per heavy atom. The third-order valence-corrected chi connectivity index (χ3v) is 5.22. The summed E-state index contributed by atoms with van der Waals surface area (Å²) in [6.45, 7) is 6.20. The number of ether oxygens (including phenoxy) is 1. The predicted molar refractivity (Wildman–Crippen MR) is 110 cm³/mol. The lowest BCUT2D eigenvalue weighted by molar-refractivity contribution is -0.169. The van der Waals surface area contributed by atoms with Crippen molar-refractivity contribution in [3.05, 3.63) is 40.7 Å². The Labute approximate surface area is 180 Å². The summed E-state index contributed by atoms with van der Waals surface area (Å²) in [6, 6.07) is 1.54. The van der Waals surface area contributed by atoms with Crippen molar-refractivity contribution in [2.45, 2.75) is 51.9 Å². The van der Waals surface area contributed by atoms with Gasteiger partial charge in [0.1, 0.15) is 0 Å². The Balaban J connectivity index is 2.03. The van der Waals surface area contributed by atoms with Crippen LogP contribution in [0.25, 0.3) is 0 Å². The van der Waals surface area contributed by atoms with Crippen molar-refractivity contribution in [1.29, 1.82) is 0 Å². The van der Waals surface area contributed by atoms with Gasteiger partial charge in [0.05, 0.1) is 5.70 Å². The number of aryl methyl sites for hydroxylation is 1. The van der Waals surface area contributed by atoms with E-state index in [0.717, 1.165) is 11.3 Å². The van der Waals surface area contributed by atoms with Crippen LogP contribution >= 0.6 is 0 Å². The summed E-state index contributed by atoms with van der Waals surface area (Å²) in [5, 5.41) is 9.08. The van der Waals surface area contributed by atoms with Gasteiger partial charge >= 0.3 is 6.18 Å². The maximum Gasteiger partial charge on any atom is 0.422 e. The zero-order valence-corrected chi connectivity index (χ0v) is 18.1. The van der Waals surface area contributed by atoms with Gasteiger partial charge in [-0.25, -0.2) is 0 Å².